The van der Waals surface area contributed by atoms with Gasteiger partial charge in [-0.2, -0.15) is 0 Å². The Balaban J connectivity index is 1.84. The highest BCUT2D eigenvalue weighted by Gasteiger charge is 2.25. The van der Waals surface area contributed by atoms with Gasteiger partial charge in [-0.3, -0.25) is 0 Å². The Kier molecular flexibility index (Phi) is 4.68. The van der Waals surface area contributed by atoms with Crippen LogP contribution < -0.4 is 5.32 Å². The molecule has 2 rings (SSSR count). The Morgan fingerprint density at radius 2 is 2.31 bits per heavy atom. The van der Waals surface area contributed by atoms with E-state index in [1.54, 1.807) is 11.3 Å². The summed E-state index contributed by atoms with van der Waals surface area (Å²) in [5.41, 5.74) is 0. The lowest BCUT2D eigenvalue weighted by molar-refractivity contribution is 0.457. The van der Waals surface area contributed by atoms with Crippen LogP contribution in [0.5, 0.6) is 0 Å². The van der Waals surface area contributed by atoms with Crippen LogP contribution in [-0.2, 0) is 6.42 Å². The van der Waals surface area contributed by atoms with Gasteiger partial charge in [0.1, 0.15) is 0 Å². The summed E-state index contributed by atoms with van der Waals surface area (Å²) in [6.45, 7) is 3.36. The summed E-state index contributed by atoms with van der Waals surface area (Å²) in [6, 6.07) is 4.83. The van der Waals surface area contributed by atoms with Crippen LogP contribution in [0.3, 0.4) is 0 Å². The predicted octanol–water partition coefficient (Wildman–Crippen LogP) is 4.11. The summed E-state index contributed by atoms with van der Waals surface area (Å²) in [6.07, 6.45) is 6.58. The van der Waals surface area contributed by atoms with Crippen LogP contribution in [0.25, 0.3) is 0 Å². The SMILES string of the molecule is CCCNC(Cc1ccc(Cl)s1)CC1CC1. The largest absolute Gasteiger partial charge is 0.314 e. The average molecular weight is 258 g/mol. The number of thiophene rings is 1. The summed E-state index contributed by atoms with van der Waals surface area (Å²) in [7, 11) is 0. The normalized spacial score (nSPS) is 17.6. The molecule has 1 unspecified atom stereocenters. The molecule has 0 amide bonds. The fraction of sp³-hybridized carbons (Fsp3) is 0.692. The number of rotatable bonds is 7. The van der Waals surface area contributed by atoms with Gasteiger partial charge in [0, 0.05) is 10.9 Å². The number of nitrogens with one attached hydrogen (secondary N) is 1. The Morgan fingerprint density at radius 3 is 2.88 bits per heavy atom. The summed E-state index contributed by atoms with van der Waals surface area (Å²) in [5.74, 6) is 0.991. The van der Waals surface area contributed by atoms with Crippen molar-refractivity contribution in [2.75, 3.05) is 6.54 Å². The Bertz CT molecular complexity index is 319. The summed E-state index contributed by atoms with van der Waals surface area (Å²) in [4.78, 5) is 1.42. The zero-order chi connectivity index (χ0) is 11.4. The zero-order valence-electron chi connectivity index (χ0n) is 9.84. The van der Waals surface area contributed by atoms with Crippen molar-refractivity contribution in [3.05, 3.63) is 21.3 Å². The third kappa shape index (κ3) is 4.08. The van der Waals surface area contributed by atoms with Gasteiger partial charge < -0.3 is 5.32 Å². The molecule has 1 aromatic rings. The van der Waals surface area contributed by atoms with Gasteiger partial charge in [0.2, 0.25) is 0 Å². The average Bonchev–Trinajstić information content (AvgIpc) is 2.98. The van der Waals surface area contributed by atoms with Crippen LogP contribution >= 0.6 is 22.9 Å². The topological polar surface area (TPSA) is 12.0 Å². The smallest absolute Gasteiger partial charge is 0.0931 e. The number of hydrogen-bond donors (Lipinski definition) is 1. The van der Waals surface area contributed by atoms with Gasteiger partial charge in [-0.1, -0.05) is 31.4 Å². The molecule has 0 spiro atoms. The lowest BCUT2D eigenvalue weighted by Gasteiger charge is -2.17. The first-order valence-electron chi connectivity index (χ1n) is 6.25. The van der Waals surface area contributed by atoms with Crippen LogP contribution in [0.15, 0.2) is 12.1 Å². The number of hydrogen-bond acceptors (Lipinski definition) is 2. The van der Waals surface area contributed by atoms with Crippen molar-refractivity contribution in [1.82, 2.24) is 5.32 Å². The highest BCUT2D eigenvalue weighted by molar-refractivity contribution is 7.16. The molecule has 16 heavy (non-hydrogen) atoms. The summed E-state index contributed by atoms with van der Waals surface area (Å²) >= 11 is 7.69. The first kappa shape index (κ1) is 12.4. The standard InChI is InChI=1S/C13H20ClNS/c1-2-7-15-11(8-10-3-4-10)9-12-5-6-13(14)16-12/h5-6,10-11,15H,2-4,7-9H2,1H3. The third-order valence-electron chi connectivity index (χ3n) is 3.07. The molecule has 0 radical (unpaired) electrons. The van der Waals surface area contributed by atoms with Gasteiger partial charge in [0.25, 0.3) is 0 Å². The van der Waals surface area contributed by atoms with E-state index < -0.39 is 0 Å². The minimum atomic E-state index is 0.655. The fourth-order valence-corrected chi connectivity index (χ4v) is 3.21. The van der Waals surface area contributed by atoms with Crippen LogP contribution in [-0.4, -0.2) is 12.6 Å². The van der Waals surface area contributed by atoms with Crippen molar-refractivity contribution in [1.29, 1.82) is 0 Å². The maximum atomic E-state index is 5.96. The maximum absolute atomic E-state index is 5.96. The quantitative estimate of drug-likeness (QED) is 0.775. The second-order valence-electron chi connectivity index (χ2n) is 4.74. The van der Waals surface area contributed by atoms with Crippen molar-refractivity contribution >= 4 is 22.9 Å². The third-order valence-corrected chi connectivity index (χ3v) is 4.33. The lowest BCUT2D eigenvalue weighted by atomic mass is 10.1. The van der Waals surface area contributed by atoms with Gasteiger partial charge in [-0.05, 0) is 43.9 Å². The van der Waals surface area contributed by atoms with E-state index in [1.165, 1.54) is 30.6 Å². The van der Waals surface area contributed by atoms with E-state index in [0.717, 1.165) is 23.2 Å². The second kappa shape index (κ2) is 6.04. The molecule has 0 bridgehead atoms. The monoisotopic (exact) mass is 257 g/mol. The maximum Gasteiger partial charge on any atom is 0.0931 e. The van der Waals surface area contributed by atoms with Crippen molar-refractivity contribution in [3.8, 4) is 0 Å². The summed E-state index contributed by atoms with van der Waals surface area (Å²) in [5, 5.41) is 3.66. The molecule has 1 heterocycles. The molecule has 0 saturated heterocycles. The van der Waals surface area contributed by atoms with Crippen LogP contribution in [0.4, 0.5) is 0 Å². The van der Waals surface area contributed by atoms with Crippen LogP contribution in [0.1, 0.15) is 37.5 Å². The van der Waals surface area contributed by atoms with Gasteiger partial charge in [0.05, 0.1) is 4.34 Å². The van der Waals surface area contributed by atoms with E-state index in [1.807, 2.05) is 6.07 Å². The molecule has 0 aromatic carbocycles. The predicted molar refractivity (Wildman–Crippen MR) is 72.5 cm³/mol. The zero-order valence-corrected chi connectivity index (χ0v) is 11.4. The molecule has 1 atom stereocenters. The van der Waals surface area contributed by atoms with Crippen LogP contribution in [0, 0.1) is 5.92 Å². The molecule has 90 valence electrons. The van der Waals surface area contributed by atoms with E-state index in [9.17, 15) is 0 Å². The van der Waals surface area contributed by atoms with Crippen LogP contribution in [0.2, 0.25) is 4.34 Å². The van der Waals surface area contributed by atoms with Gasteiger partial charge in [-0.15, -0.1) is 11.3 Å². The molecule has 0 aliphatic heterocycles. The van der Waals surface area contributed by atoms with Crippen molar-refractivity contribution in [3.63, 3.8) is 0 Å². The summed E-state index contributed by atoms with van der Waals surface area (Å²) < 4.78 is 0.913. The minimum Gasteiger partial charge on any atom is -0.314 e. The van der Waals surface area contributed by atoms with E-state index >= 15 is 0 Å². The van der Waals surface area contributed by atoms with E-state index in [4.69, 9.17) is 11.6 Å². The fourth-order valence-electron chi connectivity index (χ4n) is 2.05. The highest BCUT2D eigenvalue weighted by atomic mass is 35.5. The molecule has 1 nitrogen and oxygen atoms in total. The van der Waals surface area contributed by atoms with Gasteiger partial charge >= 0.3 is 0 Å². The molecule has 1 aliphatic rings. The molecular formula is C13H20ClNS. The first-order chi connectivity index (χ1) is 7.78. The lowest BCUT2D eigenvalue weighted by Crippen LogP contribution is -2.32. The minimum absolute atomic E-state index is 0.655. The molecule has 3 heteroatoms. The molecular weight excluding hydrogens is 238 g/mol. The molecule has 1 aromatic heterocycles. The van der Waals surface area contributed by atoms with E-state index in [2.05, 4.69) is 18.3 Å². The molecule has 1 saturated carbocycles. The Morgan fingerprint density at radius 1 is 1.50 bits per heavy atom. The molecule has 1 aliphatic carbocycles. The second-order valence-corrected chi connectivity index (χ2v) is 6.54. The van der Waals surface area contributed by atoms with Crippen molar-refractivity contribution in [2.45, 2.75) is 45.1 Å². The van der Waals surface area contributed by atoms with Gasteiger partial charge in [-0.25, -0.2) is 0 Å². The van der Waals surface area contributed by atoms with Crippen molar-refractivity contribution in [2.24, 2.45) is 5.92 Å². The van der Waals surface area contributed by atoms with Gasteiger partial charge in [0.15, 0.2) is 0 Å². The molecule has 1 N–H and O–H groups in total. The van der Waals surface area contributed by atoms with E-state index in [0.29, 0.717) is 6.04 Å². The highest BCUT2D eigenvalue weighted by Crippen LogP contribution is 2.34. The Labute approximate surface area is 107 Å². The first-order valence-corrected chi connectivity index (χ1v) is 7.45. The molecule has 1 fully saturated rings. The Hall–Kier alpha value is -0.0500. The van der Waals surface area contributed by atoms with E-state index in [-0.39, 0.29) is 0 Å². The van der Waals surface area contributed by atoms with Crippen molar-refractivity contribution < 1.29 is 0 Å². The number of halogens is 1.